The number of rotatable bonds is 7. The third kappa shape index (κ3) is 5.70. The lowest BCUT2D eigenvalue weighted by Gasteiger charge is -2.15. The maximum absolute atomic E-state index is 12.0. The Hall–Kier alpha value is -2.09. The van der Waals surface area contributed by atoms with E-state index in [4.69, 9.17) is 9.47 Å². The van der Waals surface area contributed by atoms with Crippen molar-refractivity contribution >= 4 is 11.9 Å². The highest BCUT2D eigenvalue weighted by Gasteiger charge is 2.27. The minimum atomic E-state index is -0.704. The van der Waals surface area contributed by atoms with Crippen LogP contribution in [-0.2, 0) is 20.7 Å². The molecule has 0 aliphatic heterocycles. The summed E-state index contributed by atoms with van der Waals surface area (Å²) in [6, 6.07) is 9.67. The maximum Gasteiger partial charge on any atom is 0.362 e. The third-order valence-electron chi connectivity index (χ3n) is 4.30. The van der Waals surface area contributed by atoms with E-state index in [-0.39, 0.29) is 5.91 Å². The number of hydrogen-bond acceptors (Lipinski definition) is 4. The second-order valence-electron chi connectivity index (χ2n) is 6.76. The van der Waals surface area contributed by atoms with Crippen LogP contribution in [-0.4, -0.2) is 32.1 Å². The molecule has 6 heteroatoms. The molecule has 1 atom stereocenters. The van der Waals surface area contributed by atoms with Gasteiger partial charge in [-0.25, -0.2) is 4.79 Å². The summed E-state index contributed by atoms with van der Waals surface area (Å²) in [5.41, 5.74) is 4.81. The van der Waals surface area contributed by atoms with Crippen molar-refractivity contribution in [2.24, 2.45) is 0 Å². The third-order valence-corrected chi connectivity index (χ3v) is 7.96. The van der Waals surface area contributed by atoms with Crippen molar-refractivity contribution in [3.05, 3.63) is 59.7 Å². The summed E-state index contributed by atoms with van der Waals surface area (Å²) < 4.78 is 12.9. The molecule has 0 fully saturated rings. The van der Waals surface area contributed by atoms with E-state index in [1.54, 1.807) is 7.11 Å². The van der Waals surface area contributed by atoms with Crippen LogP contribution in [0.5, 0.6) is 5.75 Å². The lowest BCUT2D eigenvalue weighted by Crippen LogP contribution is -3.62. The Kier molecular flexibility index (Phi) is 7.86. The summed E-state index contributed by atoms with van der Waals surface area (Å²) in [6.45, 7) is 7.80. The molecule has 0 radical (unpaired) electrons. The highest BCUT2D eigenvalue weighted by molar-refractivity contribution is 5.83. The van der Waals surface area contributed by atoms with Gasteiger partial charge >= 0.3 is 27.2 Å². The number of methoxy groups -OCH3 is 2. The monoisotopic (exact) mass is 496 g/mol. The molecule has 150 valence electrons. The number of esters is 1. The highest BCUT2D eigenvalue weighted by atomic mass is 127. The molecule has 2 aromatic carbocycles. The quantitative estimate of drug-likeness (QED) is 0.432. The van der Waals surface area contributed by atoms with Gasteiger partial charge in [0, 0.05) is 24.5 Å². The Balaban J connectivity index is 2.36. The van der Waals surface area contributed by atoms with Crippen molar-refractivity contribution in [2.75, 3.05) is 14.2 Å². The molecule has 0 aliphatic rings. The molecule has 0 saturated carbocycles. The lowest BCUT2D eigenvalue weighted by atomic mass is 10.1. The summed E-state index contributed by atoms with van der Waals surface area (Å²) >= 11 is -0.464. The standard InChI is InChI=1S/C22H26INO4/c1-13-9-14(2)21(15(3)10-13)23-18-11-17(7-8-20(18)27-5)12-19(22(26)28-6)24-16(4)25/h7-11,19H,12H2,1-6H3/p+1/t19-/m0/s1. The predicted octanol–water partition coefficient (Wildman–Crippen LogP) is -0.0309. The van der Waals surface area contributed by atoms with Crippen molar-refractivity contribution < 1.29 is 40.3 Å². The topological polar surface area (TPSA) is 64.6 Å². The molecule has 0 bridgehead atoms. The number of carbonyl (C=O) groups is 2. The zero-order chi connectivity index (χ0) is 20.8. The molecule has 1 amide bonds. The van der Waals surface area contributed by atoms with Gasteiger partial charge in [-0.1, -0.05) is 23.8 Å². The average Bonchev–Trinajstić information content (AvgIpc) is 2.63. The van der Waals surface area contributed by atoms with Gasteiger partial charge in [-0.3, -0.25) is 4.79 Å². The SMILES string of the molecule is COC(=O)[C@H](Cc1ccc(OC)c([I+]c2c(C)cc(C)cc2C)c1)NC(C)=O. The number of benzene rings is 2. The minimum Gasteiger partial charge on any atom is -0.492 e. The molecule has 2 rings (SSSR count). The van der Waals surface area contributed by atoms with Crippen molar-refractivity contribution in [2.45, 2.75) is 40.2 Å². The van der Waals surface area contributed by atoms with Gasteiger partial charge in [-0.05, 0) is 38.5 Å². The highest BCUT2D eigenvalue weighted by Crippen LogP contribution is 2.15. The second-order valence-corrected chi connectivity index (χ2v) is 9.54. The van der Waals surface area contributed by atoms with Crippen LogP contribution in [0.25, 0.3) is 0 Å². The maximum atomic E-state index is 12.0. The predicted molar refractivity (Wildman–Crippen MR) is 104 cm³/mol. The molecular weight excluding hydrogens is 469 g/mol. The van der Waals surface area contributed by atoms with Gasteiger partial charge in [-0.15, -0.1) is 0 Å². The number of amides is 1. The molecule has 0 saturated heterocycles. The summed E-state index contributed by atoms with van der Waals surface area (Å²) in [5.74, 6) is 0.139. The van der Waals surface area contributed by atoms with Gasteiger partial charge in [0.05, 0.1) is 14.2 Å². The smallest absolute Gasteiger partial charge is 0.362 e. The van der Waals surface area contributed by atoms with E-state index < -0.39 is 33.2 Å². The van der Waals surface area contributed by atoms with Crippen LogP contribution in [0.15, 0.2) is 30.3 Å². The second kappa shape index (κ2) is 9.91. The molecule has 0 heterocycles. The Morgan fingerprint density at radius 3 is 2.25 bits per heavy atom. The van der Waals surface area contributed by atoms with Crippen LogP contribution in [0.3, 0.4) is 0 Å². The number of halogens is 1. The first-order valence-corrected chi connectivity index (χ1v) is 11.2. The Morgan fingerprint density at radius 2 is 1.71 bits per heavy atom. The largest absolute Gasteiger partial charge is 0.492 e. The van der Waals surface area contributed by atoms with Crippen LogP contribution in [0, 0.1) is 27.9 Å². The molecule has 1 N–H and O–H groups in total. The summed E-state index contributed by atoms with van der Waals surface area (Å²) in [6.07, 6.45) is 0.374. The van der Waals surface area contributed by atoms with E-state index >= 15 is 0 Å². The first-order valence-electron chi connectivity index (χ1n) is 8.99. The van der Waals surface area contributed by atoms with Crippen LogP contribution in [0.4, 0.5) is 0 Å². The van der Waals surface area contributed by atoms with E-state index in [0.29, 0.717) is 6.42 Å². The zero-order valence-electron chi connectivity index (χ0n) is 17.2. The average molecular weight is 496 g/mol. The molecule has 28 heavy (non-hydrogen) atoms. The normalized spacial score (nSPS) is 11.6. The summed E-state index contributed by atoms with van der Waals surface area (Å²) in [4.78, 5) is 23.5. The Morgan fingerprint density at radius 1 is 1.07 bits per heavy atom. The summed E-state index contributed by atoms with van der Waals surface area (Å²) in [7, 11) is 3.00. The molecule has 5 nitrogen and oxygen atoms in total. The lowest BCUT2D eigenvalue weighted by molar-refractivity contribution is -0.599. The van der Waals surface area contributed by atoms with Crippen molar-refractivity contribution in [1.82, 2.24) is 5.32 Å². The van der Waals surface area contributed by atoms with E-state index in [9.17, 15) is 9.59 Å². The van der Waals surface area contributed by atoms with E-state index in [2.05, 4.69) is 44.3 Å². The van der Waals surface area contributed by atoms with Gasteiger partial charge < -0.3 is 14.8 Å². The number of aryl methyl sites for hydroxylation is 3. The molecule has 0 aromatic heterocycles. The fourth-order valence-corrected chi connectivity index (χ4v) is 6.11. The van der Waals surface area contributed by atoms with E-state index in [1.807, 2.05) is 12.1 Å². The molecule has 0 unspecified atom stereocenters. The van der Waals surface area contributed by atoms with Crippen LogP contribution in [0.1, 0.15) is 29.2 Å². The van der Waals surface area contributed by atoms with Gasteiger partial charge in [0.25, 0.3) is 0 Å². The summed E-state index contributed by atoms with van der Waals surface area (Å²) in [5, 5.41) is 2.67. The van der Waals surface area contributed by atoms with Gasteiger partial charge in [-0.2, -0.15) is 0 Å². The number of ether oxygens (including phenoxy) is 2. The zero-order valence-corrected chi connectivity index (χ0v) is 19.3. The number of carbonyl (C=O) groups excluding carboxylic acids is 2. The fraction of sp³-hybridized carbons (Fsp3) is 0.364. The molecular formula is C22H27INO4+. The molecule has 0 spiro atoms. The van der Waals surface area contributed by atoms with Crippen molar-refractivity contribution in [3.8, 4) is 5.75 Å². The van der Waals surface area contributed by atoms with Crippen LogP contribution in [0.2, 0.25) is 0 Å². The number of nitrogens with one attached hydrogen (secondary N) is 1. The van der Waals surface area contributed by atoms with Gasteiger partial charge in [0.1, 0.15) is 6.04 Å². The Labute approximate surface area is 177 Å². The molecule has 0 aliphatic carbocycles. The van der Waals surface area contributed by atoms with Crippen LogP contribution >= 0.6 is 0 Å². The first-order chi connectivity index (χ1) is 13.2. The van der Waals surface area contributed by atoms with Crippen molar-refractivity contribution in [3.63, 3.8) is 0 Å². The van der Waals surface area contributed by atoms with Crippen molar-refractivity contribution in [1.29, 1.82) is 0 Å². The minimum absolute atomic E-state index is 0.262. The van der Waals surface area contributed by atoms with E-state index in [1.165, 1.54) is 34.3 Å². The number of hydrogen-bond donors (Lipinski definition) is 1. The first kappa shape index (κ1) is 22.2. The van der Waals surface area contributed by atoms with Gasteiger partial charge in [0.15, 0.2) is 9.32 Å². The van der Waals surface area contributed by atoms with E-state index in [0.717, 1.165) is 14.9 Å². The molecule has 2 aromatic rings. The van der Waals surface area contributed by atoms with Crippen LogP contribution < -0.4 is 31.3 Å². The van der Waals surface area contributed by atoms with Gasteiger partial charge in [0.2, 0.25) is 9.48 Å². The Bertz CT molecular complexity index is 856. The fourth-order valence-electron chi connectivity index (χ4n) is 3.14.